The lowest BCUT2D eigenvalue weighted by Crippen LogP contribution is -2.26. The van der Waals surface area contributed by atoms with Crippen molar-refractivity contribution < 1.29 is 4.42 Å². The zero-order chi connectivity index (χ0) is 13.8. The van der Waals surface area contributed by atoms with Crippen LogP contribution in [0, 0.1) is 0 Å². The van der Waals surface area contributed by atoms with Crippen molar-refractivity contribution in [3.63, 3.8) is 0 Å². The molecule has 0 aliphatic carbocycles. The zero-order valence-corrected chi connectivity index (χ0v) is 12.3. The van der Waals surface area contributed by atoms with Crippen molar-refractivity contribution in [3.05, 3.63) is 41.1 Å². The molecule has 2 aromatic heterocycles. The summed E-state index contributed by atoms with van der Waals surface area (Å²) >= 11 is 6.31. The summed E-state index contributed by atoms with van der Waals surface area (Å²) < 4.78 is 7.49. The summed E-state index contributed by atoms with van der Waals surface area (Å²) in [5.74, 6) is 0.859. The van der Waals surface area contributed by atoms with E-state index in [1.807, 2.05) is 16.8 Å². The molecule has 0 radical (unpaired) electrons. The van der Waals surface area contributed by atoms with Gasteiger partial charge in [-0.1, -0.05) is 18.5 Å². The predicted octanol–water partition coefficient (Wildman–Crippen LogP) is 3.80. The summed E-state index contributed by atoms with van der Waals surface area (Å²) in [7, 11) is 0. The standard InChI is InChI=1S/C14H20ClN3O/c1-4-7-16-13(12-6-5-8-19-12)14-11(15)9-17-18(14)10(2)3/h5-6,8-10,13,16H,4,7H2,1-3H3. The first-order chi connectivity index (χ1) is 9.15. The van der Waals surface area contributed by atoms with Gasteiger partial charge in [0, 0.05) is 6.04 Å². The third-order valence-corrected chi connectivity index (χ3v) is 3.27. The molecule has 0 aliphatic heterocycles. The van der Waals surface area contributed by atoms with Gasteiger partial charge in [0.15, 0.2) is 0 Å². The molecule has 1 atom stereocenters. The molecule has 0 spiro atoms. The van der Waals surface area contributed by atoms with Gasteiger partial charge in [0.1, 0.15) is 11.8 Å². The van der Waals surface area contributed by atoms with E-state index >= 15 is 0 Å². The molecule has 2 rings (SSSR count). The third kappa shape index (κ3) is 3.01. The quantitative estimate of drug-likeness (QED) is 0.876. The monoisotopic (exact) mass is 281 g/mol. The summed E-state index contributed by atoms with van der Waals surface area (Å²) in [5, 5.41) is 8.49. The molecule has 2 heterocycles. The van der Waals surface area contributed by atoms with Crippen molar-refractivity contribution in [3.8, 4) is 0 Å². The van der Waals surface area contributed by atoms with E-state index in [9.17, 15) is 0 Å². The van der Waals surface area contributed by atoms with Gasteiger partial charge in [-0.25, -0.2) is 0 Å². The Hall–Kier alpha value is -1.26. The first-order valence-electron chi connectivity index (χ1n) is 6.64. The van der Waals surface area contributed by atoms with Gasteiger partial charge < -0.3 is 9.73 Å². The molecule has 19 heavy (non-hydrogen) atoms. The van der Waals surface area contributed by atoms with Crippen LogP contribution in [-0.4, -0.2) is 16.3 Å². The molecule has 0 amide bonds. The van der Waals surface area contributed by atoms with Crippen LogP contribution in [-0.2, 0) is 0 Å². The van der Waals surface area contributed by atoms with Gasteiger partial charge in [0.2, 0.25) is 0 Å². The van der Waals surface area contributed by atoms with Gasteiger partial charge in [-0.05, 0) is 38.9 Å². The number of hydrogen-bond acceptors (Lipinski definition) is 3. The highest BCUT2D eigenvalue weighted by Crippen LogP contribution is 2.30. The lowest BCUT2D eigenvalue weighted by Gasteiger charge is -2.20. The van der Waals surface area contributed by atoms with E-state index in [1.54, 1.807) is 12.5 Å². The van der Waals surface area contributed by atoms with E-state index in [4.69, 9.17) is 16.0 Å². The number of hydrogen-bond donors (Lipinski definition) is 1. The second kappa shape index (κ2) is 6.26. The summed E-state index contributed by atoms with van der Waals surface area (Å²) in [6.07, 6.45) is 4.42. The maximum atomic E-state index is 6.31. The highest BCUT2D eigenvalue weighted by atomic mass is 35.5. The minimum absolute atomic E-state index is 0.0626. The molecule has 4 nitrogen and oxygen atoms in total. The highest BCUT2D eigenvalue weighted by molar-refractivity contribution is 6.31. The van der Waals surface area contributed by atoms with E-state index < -0.39 is 0 Å². The van der Waals surface area contributed by atoms with Crippen molar-refractivity contribution in [1.82, 2.24) is 15.1 Å². The minimum Gasteiger partial charge on any atom is -0.467 e. The zero-order valence-electron chi connectivity index (χ0n) is 11.6. The van der Waals surface area contributed by atoms with Crippen LogP contribution in [0.2, 0.25) is 5.02 Å². The van der Waals surface area contributed by atoms with Crippen molar-refractivity contribution in [2.75, 3.05) is 6.54 Å². The second-order valence-electron chi connectivity index (χ2n) is 4.82. The Labute approximate surface area is 118 Å². The number of furan rings is 1. The van der Waals surface area contributed by atoms with Crippen LogP contribution in [0.25, 0.3) is 0 Å². The van der Waals surface area contributed by atoms with Crippen LogP contribution >= 0.6 is 11.6 Å². The van der Waals surface area contributed by atoms with Gasteiger partial charge in [-0.2, -0.15) is 5.10 Å². The molecule has 0 saturated carbocycles. The van der Waals surface area contributed by atoms with Crippen LogP contribution in [0.1, 0.15) is 50.7 Å². The number of nitrogens with zero attached hydrogens (tertiary/aromatic N) is 2. The number of halogens is 1. The van der Waals surface area contributed by atoms with Crippen molar-refractivity contribution >= 4 is 11.6 Å². The van der Waals surface area contributed by atoms with Gasteiger partial charge >= 0.3 is 0 Å². The molecular weight excluding hydrogens is 262 g/mol. The number of aromatic nitrogens is 2. The first kappa shape index (κ1) is 14.2. The Morgan fingerprint density at radius 1 is 1.47 bits per heavy atom. The van der Waals surface area contributed by atoms with Gasteiger partial charge in [0.05, 0.1) is 23.2 Å². The Morgan fingerprint density at radius 3 is 2.84 bits per heavy atom. The molecule has 2 aromatic rings. The van der Waals surface area contributed by atoms with Crippen LogP contribution in [0.15, 0.2) is 29.0 Å². The SMILES string of the molecule is CCCNC(c1ccco1)c1c(Cl)cnn1C(C)C. The van der Waals surface area contributed by atoms with Crippen molar-refractivity contribution in [1.29, 1.82) is 0 Å². The molecule has 0 fully saturated rings. The van der Waals surface area contributed by atoms with E-state index in [1.165, 1.54) is 0 Å². The molecule has 104 valence electrons. The summed E-state index contributed by atoms with van der Waals surface area (Å²) in [5.41, 5.74) is 0.958. The molecule has 1 unspecified atom stereocenters. The smallest absolute Gasteiger partial charge is 0.126 e. The van der Waals surface area contributed by atoms with E-state index in [0.29, 0.717) is 5.02 Å². The Bertz CT molecular complexity index is 505. The van der Waals surface area contributed by atoms with Crippen molar-refractivity contribution in [2.24, 2.45) is 0 Å². The van der Waals surface area contributed by atoms with E-state index in [-0.39, 0.29) is 12.1 Å². The van der Waals surface area contributed by atoms with E-state index in [0.717, 1.165) is 24.4 Å². The topological polar surface area (TPSA) is 43.0 Å². The lowest BCUT2D eigenvalue weighted by atomic mass is 10.1. The van der Waals surface area contributed by atoms with Gasteiger partial charge in [-0.3, -0.25) is 4.68 Å². The fourth-order valence-electron chi connectivity index (χ4n) is 2.11. The lowest BCUT2D eigenvalue weighted by molar-refractivity contribution is 0.412. The molecule has 5 heteroatoms. The Balaban J connectivity index is 2.40. The van der Waals surface area contributed by atoms with Gasteiger partial charge in [-0.15, -0.1) is 0 Å². The maximum absolute atomic E-state index is 6.31. The molecule has 0 aliphatic rings. The molecule has 0 saturated heterocycles. The second-order valence-corrected chi connectivity index (χ2v) is 5.23. The predicted molar refractivity (Wildman–Crippen MR) is 76.5 cm³/mol. The van der Waals surface area contributed by atoms with Gasteiger partial charge in [0.25, 0.3) is 0 Å². The van der Waals surface area contributed by atoms with E-state index in [2.05, 4.69) is 31.2 Å². The average molecular weight is 282 g/mol. The largest absolute Gasteiger partial charge is 0.467 e. The summed E-state index contributed by atoms with van der Waals surface area (Å²) in [4.78, 5) is 0. The van der Waals surface area contributed by atoms with Crippen LogP contribution < -0.4 is 5.32 Å². The Kier molecular flexibility index (Phi) is 4.66. The number of nitrogens with one attached hydrogen (secondary N) is 1. The van der Waals surface area contributed by atoms with Crippen LogP contribution in [0.3, 0.4) is 0 Å². The van der Waals surface area contributed by atoms with Crippen LogP contribution in [0.5, 0.6) is 0 Å². The fraction of sp³-hybridized carbons (Fsp3) is 0.500. The fourth-order valence-corrected chi connectivity index (χ4v) is 2.35. The van der Waals surface area contributed by atoms with Crippen LogP contribution in [0.4, 0.5) is 0 Å². The average Bonchev–Trinajstić information content (AvgIpc) is 3.01. The minimum atomic E-state index is -0.0626. The normalized spacial score (nSPS) is 13.1. The molecule has 0 aromatic carbocycles. The van der Waals surface area contributed by atoms with Crippen molar-refractivity contribution in [2.45, 2.75) is 39.3 Å². The molecular formula is C14H20ClN3O. The maximum Gasteiger partial charge on any atom is 0.126 e. The first-order valence-corrected chi connectivity index (χ1v) is 7.02. The third-order valence-electron chi connectivity index (χ3n) is 2.98. The summed E-state index contributed by atoms with van der Waals surface area (Å²) in [6.45, 7) is 7.20. The Morgan fingerprint density at radius 2 is 2.26 bits per heavy atom. The molecule has 1 N–H and O–H groups in total. The summed E-state index contributed by atoms with van der Waals surface area (Å²) in [6, 6.07) is 4.04. The number of rotatable bonds is 6. The highest BCUT2D eigenvalue weighted by Gasteiger charge is 2.24. The molecule has 0 bridgehead atoms.